The van der Waals surface area contributed by atoms with Crippen LogP contribution in [0.1, 0.15) is 12.0 Å². The van der Waals surface area contributed by atoms with Crippen LogP contribution in [-0.2, 0) is 11.3 Å². The third kappa shape index (κ3) is 3.31. The highest BCUT2D eigenvalue weighted by Crippen LogP contribution is 2.36. The molecular weight excluding hydrogens is 286 g/mol. The van der Waals surface area contributed by atoms with Crippen molar-refractivity contribution >= 4 is 17.9 Å². The Balaban J connectivity index is 1.45. The summed E-state index contributed by atoms with van der Waals surface area (Å²) in [7, 11) is 0. The Morgan fingerprint density at radius 1 is 1.48 bits per heavy atom. The zero-order valence-corrected chi connectivity index (χ0v) is 12.4. The molecule has 3 rings (SSSR count). The van der Waals surface area contributed by atoms with E-state index in [2.05, 4.69) is 16.3 Å². The zero-order chi connectivity index (χ0) is 14.7. The molecule has 0 aliphatic carbocycles. The Hall–Kier alpha value is -1.71. The van der Waals surface area contributed by atoms with E-state index in [1.807, 2.05) is 30.3 Å². The van der Waals surface area contributed by atoms with E-state index in [9.17, 15) is 4.79 Å². The number of amides is 1. The standard InChI is InChI=1S/C15H17N3O2S/c16-7-13-10-21-14-6-12(8-18(13)14)17-15(19)20-9-11-4-2-1-3-5-11/h1-5,12-14H,6,8-10H2,(H,17,19)/t12-,13-,14+/m1/s1. The summed E-state index contributed by atoms with van der Waals surface area (Å²) in [4.78, 5) is 14.0. The van der Waals surface area contributed by atoms with E-state index in [1.165, 1.54) is 0 Å². The topological polar surface area (TPSA) is 65.4 Å². The molecule has 2 saturated heterocycles. The Bertz CT molecular complexity index is 546. The van der Waals surface area contributed by atoms with Gasteiger partial charge in [0.1, 0.15) is 12.6 Å². The number of carbonyl (C=O) groups is 1. The maximum absolute atomic E-state index is 11.8. The summed E-state index contributed by atoms with van der Waals surface area (Å²) < 4.78 is 5.22. The van der Waals surface area contributed by atoms with Crippen molar-refractivity contribution < 1.29 is 9.53 Å². The molecule has 1 aromatic carbocycles. The van der Waals surface area contributed by atoms with Crippen molar-refractivity contribution in [2.24, 2.45) is 0 Å². The number of thioether (sulfide) groups is 1. The molecule has 0 aromatic heterocycles. The Morgan fingerprint density at radius 3 is 3.05 bits per heavy atom. The molecule has 1 aromatic rings. The van der Waals surface area contributed by atoms with Gasteiger partial charge in [0.2, 0.25) is 0 Å². The number of nitrogens with zero attached hydrogens (tertiary/aromatic N) is 2. The highest BCUT2D eigenvalue weighted by atomic mass is 32.2. The predicted octanol–water partition coefficient (Wildman–Crippen LogP) is 1.95. The molecule has 0 saturated carbocycles. The first-order valence-corrected chi connectivity index (χ1v) is 8.05. The van der Waals surface area contributed by atoms with E-state index in [4.69, 9.17) is 10.00 Å². The van der Waals surface area contributed by atoms with Crippen molar-refractivity contribution in [3.05, 3.63) is 35.9 Å². The molecule has 1 N–H and O–H groups in total. The van der Waals surface area contributed by atoms with Crippen LogP contribution < -0.4 is 5.32 Å². The molecule has 2 aliphatic rings. The monoisotopic (exact) mass is 303 g/mol. The molecule has 0 spiro atoms. The van der Waals surface area contributed by atoms with E-state index in [-0.39, 0.29) is 24.8 Å². The van der Waals surface area contributed by atoms with E-state index >= 15 is 0 Å². The number of rotatable bonds is 3. The molecular formula is C15H17N3O2S. The SMILES string of the molecule is N#C[C@@H]1CS[C@H]2C[C@@H](NC(=O)OCc3ccccc3)CN12. The lowest BCUT2D eigenvalue weighted by molar-refractivity contribution is 0.135. The quantitative estimate of drug-likeness (QED) is 0.924. The molecule has 0 unspecified atom stereocenters. The first kappa shape index (κ1) is 14.2. The van der Waals surface area contributed by atoms with Gasteiger partial charge in [-0.05, 0) is 12.0 Å². The molecule has 3 atom stereocenters. The number of carbonyl (C=O) groups excluding carboxylic acids is 1. The summed E-state index contributed by atoms with van der Waals surface area (Å²) in [6.07, 6.45) is 0.493. The van der Waals surface area contributed by atoms with Crippen LogP contribution in [0.5, 0.6) is 0 Å². The molecule has 0 bridgehead atoms. The lowest BCUT2D eigenvalue weighted by atomic mass is 10.2. The summed E-state index contributed by atoms with van der Waals surface area (Å²) in [5.41, 5.74) is 0.972. The number of ether oxygens (including phenoxy) is 1. The van der Waals surface area contributed by atoms with E-state index in [0.29, 0.717) is 5.37 Å². The maximum atomic E-state index is 11.8. The number of alkyl carbamates (subject to hydrolysis) is 1. The molecule has 2 heterocycles. The lowest BCUT2D eigenvalue weighted by Crippen LogP contribution is -2.39. The minimum Gasteiger partial charge on any atom is -0.445 e. The number of nitriles is 1. The highest BCUT2D eigenvalue weighted by Gasteiger charge is 2.42. The molecule has 2 fully saturated rings. The van der Waals surface area contributed by atoms with Gasteiger partial charge in [-0.1, -0.05) is 30.3 Å². The van der Waals surface area contributed by atoms with Crippen LogP contribution in [0, 0.1) is 11.3 Å². The highest BCUT2D eigenvalue weighted by molar-refractivity contribution is 8.00. The lowest BCUT2D eigenvalue weighted by Gasteiger charge is -2.17. The fourth-order valence-electron chi connectivity index (χ4n) is 2.76. The van der Waals surface area contributed by atoms with Gasteiger partial charge in [0.05, 0.1) is 11.4 Å². The van der Waals surface area contributed by atoms with Crippen molar-refractivity contribution in [3.63, 3.8) is 0 Å². The molecule has 6 heteroatoms. The van der Waals surface area contributed by atoms with Gasteiger partial charge in [-0.15, -0.1) is 11.8 Å². The van der Waals surface area contributed by atoms with Crippen LogP contribution in [0.4, 0.5) is 4.79 Å². The Morgan fingerprint density at radius 2 is 2.29 bits per heavy atom. The summed E-state index contributed by atoms with van der Waals surface area (Å²) in [5.74, 6) is 0.867. The van der Waals surface area contributed by atoms with Gasteiger partial charge in [0, 0.05) is 18.3 Å². The van der Waals surface area contributed by atoms with E-state index in [1.54, 1.807) is 11.8 Å². The average molecular weight is 303 g/mol. The third-order valence-corrected chi connectivity index (χ3v) is 5.17. The van der Waals surface area contributed by atoms with Gasteiger partial charge in [0.25, 0.3) is 0 Å². The van der Waals surface area contributed by atoms with Crippen molar-refractivity contribution in [1.82, 2.24) is 10.2 Å². The number of hydrogen-bond donors (Lipinski definition) is 1. The summed E-state index contributed by atoms with van der Waals surface area (Å²) in [6, 6.07) is 12.0. The van der Waals surface area contributed by atoms with Crippen LogP contribution in [0.3, 0.4) is 0 Å². The average Bonchev–Trinajstić information content (AvgIpc) is 3.06. The smallest absolute Gasteiger partial charge is 0.407 e. The van der Waals surface area contributed by atoms with Gasteiger partial charge in [-0.25, -0.2) is 4.79 Å². The predicted molar refractivity (Wildman–Crippen MR) is 80.5 cm³/mol. The fourth-order valence-corrected chi connectivity index (χ4v) is 4.23. The van der Waals surface area contributed by atoms with Gasteiger partial charge >= 0.3 is 6.09 Å². The van der Waals surface area contributed by atoms with Gasteiger partial charge in [-0.2, -0.15) is 5.26 Å². The number of fused-ring (bicyclic) bond motifs is 1. The van der Waals surface area contributed by atoms with E-state index < -0.39 is 0 Å². The first-order chi connectivity index (χ1) is 10.3. The Kier molecular flexibility index (Phi) is 4.32. The summed E-state index contributed by atoms with van der Waals surface area (Å²) in [6.45, 7) is 1.01. The minimum absolute atomic E-state index is 0.0212. The minimum atomic E-state index is -0.386. The normalized spacial score (nSPS) is 27.9. The number of benzene rings is 1. The van der Waals surface area contributed by atoms with Crippen molar-refractivity contribution in [2.75, 3.05) is 12.3 Å². The molecule has 0 radical (unpaired) electrons. The summed E-state index contributed by atoms with van der Waals surface area (Å²) >= 11 is 1.80. The number of nitrogens with one attached hydrogen (secondary N) is 1. The number of hydrogen-bond acceptors (Lipinski definition) is 5. The van der Waals surface area contributed by atoms with E-state index in [0.717, 1.165) is 24.3 Å². The molecule has 5 nitrogen and oxygen atoms in total. The van der Waals surface area contributed by atoms with Gasteiger partial charge in [-0.3, -0.25) is 4.90 Å². The molecule has 2 aliphatic heterocycles. The molecule has 1 amide bonds. The van der Waals surface area contributed by atoms with Gasteiger partial charge < -0.3 is 10.1 Å². The molecule has 21 heavy (non-hydrogen) atoms. The van der Waals surface area contributed by atoms with Gasteiger partial charge in [0.15, 0.2) is 0 Å². The second-order valence-electron chi connectivity index (χ2n) is 5.27. The van der Waals surface area contributed by atoms with Crippen molar-refractivity contribution in [1.29, 1.82) is 5.26 Å². The second-order valence-corrected chi connectivity index (χ2v) is 6.48. The Labute approximate surface area is 128 Å². The largest absolute Gasteiger partial charge is 0.445 e. The van der Waals surface area contributed by atoms with Crippen LogP contribution in [0.15, 0.2) is 30.3 Å². The van der Waals surface area contributed by atoms with Crippen molar-refractivity contribution in [2.45, 2.75) is 30.5 Å². The molecule has 110 valence electrons. The summed E-state index contributed by atoms with van der Waals surface area (Å²) in [5, 5.41) is 12.3. The maximum Gasteiger partial charge on any atom is 0.407 e. The zero-order valence-electron chi connectivity index (χ0n) is 11.6. The van der Waals surface area contributed by atoms with Crippen LogP contribution >= 0.6 is 11.8 Å². The first-order valence-electron chi connectivity index (χ1n) is 7.00. The van der Waals surface area contributed by atoms with Crippen LogP contribution in [-0.4, -0.2) is 40.7 Å². The van der Waals surface area contributed by atoms with Crippen molar-refractivity contribution in [3.8, 4) is 6.07 Å². The second kappa shape index (κ2) is 6.37. The van der Waals surface area contributed by atoms with Crippen LogP contribution in [0.25, 0.3) is 0 Å². The third-order valence-electron chi connectivity index (χ3n) is 3.82. The fraction of sp³-hybridized carbons (Fsp3) is 0.467. The van der Waals surface area contributed by atoms with Crippen LogP contribution in [0.2, 0.25) is 0 Å².